The van der Waals surface area contributed by atoms with Gasteiger partial charge in [-0.2, -0.15) is 5.10 Å². The minimum atomic E-state index is 0.100. The van der Waals surface area contributed by atoms with Crippen LogP contribution in [0, 0.1) is 0 Å². The average molecular weight is 334 g/mol. The third-order valence-corrected chi connectivity index (χ3v) is 4.11. The number of benzene rings is 1. The molecule has 1 N–H and O–H groups in total. The SMILES string of the molecule is CNCC(=O)c1ccc(-n2ncc(Br)c2C2CC2)cc1. The smallest absolute Gasteiger partial charge is 0.176 e. The molecule has 3 rings (SSSR count). The molecule has 1 aliphatic rings. The van der Waals surface area contributed by atoms with Gasteiger partial charge in [0.25, 0.3) is 0 Å². The summed E-state index contributed by atoms with van der Waals surface area (Å²) in [5.74, 6) is 0.709. The van der Waals surface area contributed by atoms with Crippen LogP contribution in [0.15, 0.2) is 34.9 Å². The molecule has 20 heavy (non-hydrogen) atoms. The standard InChI is InChI=1S/C15H16BrN3O/c1-17-9-14(20)10-4-6-12(7-5-10)19-15(11-2-3-11)13(16)8-18-19/h4-8,11,17H,2-3,9H2,1H3. The van der Waals surface area contributed by atoms with Crippen LogP contribution in [0.1, 0.15) is 34.8 Å². The number of nitrogens with zero attached hydrogens (tertiary/aromatic N) is 2. The number of rotatable bonds is 5. The summed E-state index contributed by atoms with van der Waals surface area (Å²) in [5, 5.41) is 7.31. The molecule has 104 valence electrons. The molecule has 1 aromatic carbocycles. The molecule has 1 aliphatic carbocycles. The first kappa shape index (κ1) is 13.5. The van der Waals surface area contributed by atoms with Crippen LogP contribution in [-0.4, -0.2) is 29.2 Å². The van der Waals surface area contributed by atoms with Crippen molar-refractivity contribution in [1.29, 1.82) is 0 Å². The quantitative estimate of drug-likeness (QED) is 0.856. The molecular weight excluding hydrogens is 318 g/mol. The highest BCUT2D eigenvalue weighted by Crippen LogP contribution is 2.43. The van der Waals surface area contributed by atoms with Crippen molar-refractivity contribution >= 4 is 21.7 Å². The molecule has 0 atom stereocenters. The summed E-state index contributed by atoms with van der Waals surface area (Å²) in [6, 6.07) is 7.63. The molecule has 1 aromatic heterocycles. The Hall–Kier alpha value is -1.46. The van der Waals surface area contributed by atoms with E-state index in [1.807, 2.05) is 35.1 Å². The highest BCUT2D eigenvalue weighted by atomic mass is 79.9. The second-order valence-electron chi connectivity index (χ2n) is 5.06. The average Bonchev–Trinajstić information content (AvgIpc) is 3.22. The number of halogens is 1. The fourth-order valence-electron chi connectivity index (χ4n) is 2.32. The lowest BCUT2D eigenvalue weighted by Gasteiger charge is -2.08. The Labute approximate surface area is 126 Å². The van der Waals surface area contributed by atoms with Gasteiger partial charge in [0, 0.05) is 11.5 Å². The number of ketones is 1. The van der Waals surface area contributed by atoms with Crippen molar-refractivity contribution in [3.05, 3.63) is 46.2 Å². The molecule has 1 saturated carbocycles. The van der Waals surface area contributed by atoms with Crippen molar-refractivity contribution < 1.29 is 4.79 Å². The number of nitrogens with one attached hydrogen (secondary N) is 1. The molecule has 1 fully saturated rings. The zero-order chi connectivity index (χ0) is 14.1. The van der Waals surface area contributed by atoms with Crippen molar-refractivity contribution in [3.63, 3.8) is 0 Å². The van der Waals surface area contributed by atoms with E-state index in [0.29, 0.717) is 12.5 Å². The second kappa shape index (κ2) is 5.50. The van der Waals surface area contributed by atoms with Gasteiger partial charge in [0.2, 0.25) is 0 Å². The zero-order valence-electron chi connectivity index (χ0n) is 11.3. The van der Waals surface area contributed by atoms with Crippen LogP contribution >= 0.6 is 15.9 Å². The molecule has 0 unspecified atom stereocenters. The Morgan fingerprint density at radius 1 is 1.40 bits per heavy atom. The van der Waals surface area contributed by atoms with Gasteiger partial charge in [-0.15, -0.1) is 0 Å². The van der Waals surface area contributed by atoms with Crippen molar-refractivity contribution in [2.24, 2.45) is 0 Å². The predicted octanol–water partition coefficient (Wildman–Crippen LogP) is 2.91. The lowest BCUT2D eigenvalue weighted by atomic mass is 10.1. The Morgan fingerprint density at radius 3 is 2.70 bits per heavy atom. The van der Waals surface area contributed by atoms with Gasteiger partial charge < -0.3 is 5.32 Å². The highest BCUT2D eigenvalue weighted by molar-refractivity contribution is 9.10. The maximum absolute atomic E-state index is 11.8. The van der Waals surface area contributed by atoms with Crippen LogP contribution in [0.5, 0.6) is 0 Å². The summed E-state index contributed by atoms with van der Waals surface area (Å²) >= 11 is 3.57. The first-order chi connectivity index (χ1) is 9.70. The van der Waals surface area contributed by atoms with Crippen LogP contribution in [0.4, 0.5) is 0 Å². The van der Waals surface area contributed by atoms with Gasteiger partial charge in [0.1, 0.15) is 0 Å². The fourth-order valence-corrected chi connectivity index (χ4v) is 2.90. The second-order valence-corrected chi connectivity index (χ2v) is 5.92. The number of carbonyl (C=O) groups is 1. The van der Waals surface area contributed by atoms with Crippen molar-refractivity contribution in [2.75, 3.05) is 13.6 Å². The van der Waals surface area contributed by atoms with Gasteiger partial charge in [-0.05, 0) is 60.1 Å². The van der Waals surface area contributed by atoms with E-state index < -0.39 is 0 Å². The Bertz CT molecular complexity index is 629. The van der Waals surface area contributed by atoms with E-state index in [2.05, 4.69) is 26.3 Å². The van der Waals surface area contributed by atoms with E-state index in [1.165, 1.54) is 18.5 Å². The van der Waals surface area contributed by atoms with E-state index in [-0.39, 0.29) is 5.78 Å². The number of aromatic nitrogens is 2. The monoisotopic (exact) mass is 333 g/mol. The molecule has 0 radical (unpaired) electrons. The Balaban J connectivity index is 1.90. The van der Waals surface area contributed by atoms with Crippen molar-refractivity contribution in [1.82, 2.24) is 15.1 Å². The summed E-state index contributed by atoms with van der Waals surface area (Å²) in [6.45, 7) is 0.361. The van der Waals surface area contributed by atoms with Crippen LogP contribution in [0.3, 0.4) is 0 Å². The highest BCUT2D eigenvalue weighted by Gasteiger charge is 2.30. The fraction of sp³-hybridized carbons (Fsp3) is 0.333. The first-order valence-electron chi connectivity index (χ1n) is 6.72. The van der Waals surface area contributed by atoms with E-state index in [1.54, 1.807) is 7.05 Å². The first-order valence-corrected chi connectivity index (χ1v) is 7.51. The third-order valence-electron chi connectivity index (χ3n) is 3.49. The van der Waals surface area contributed by atoms with Crippen molar-refractivity contribution in [2.45, 2.75) is 18.8 Å². The topological polar surface area (TPSA) is 46.9 Å². The molecule has 0 bridgehead atoms. The molecule has 0 spiro atoms. The largest absolute Gasteiger partial charge is 0.313 e. The number of Topliss-reactive ketones (excluding diaryl/α,β-unsaturated/α-hetero) is 1. The molecule has 0 amide bonds. The number of likely N-dealkylation sites (N-methyl/N-ethyl adjacent to an activating group) is 1. The summed E-state index contributed by atoms with van der Waals surface area (Å²) < 4.78 is 3.03. The minimum Gasteiger partial charge on any atom is -0.313 e. The molecule has 4 nitrogen and oxygen atoms in total. The summed E-state index contributed by atoms with van der Waals surface area (Å²) in [4.78, 5) is 11.8. The van der Waals surface area contributed by atoms with E-state index in [0.717, 1.165) is 15.7 Å². The number of hydrogen-bond acceptors (Lipinski definition) is 3. The number of carbonyl (C=O) groups excluding carboxylic acids is 1. The van der Waals surface area contributed by atoms with Gasteiger partial charge in [-0.1, -0.05) is 0 Å². The summed E-state index contributed by atoms with van der Waals surface area (Å²) in [6.07, 6.45) is 4.29. The molecule has 1 heterocycles. The van der Waals surface area contributed by atoms with Crippen LogP contribution in [-0.2, 0) is 0 Å². The number of hydrogen-bond donors (Lipinski definition) is 1. The lowest BCUT2D eigenvalue weighted by Crippen LogP contribution is -2.18. The van der Waals surface area contributed by atoms with Crippen molar-refractivity contribution in [3.8, 4) is 5.69 Å². The van der Waals surface area contributed by atoms with Crippen LogP contribution < -0.4 is 5.32 Å². The molecule has 5 heteroatoms. The molecular formula is C15H16BrN3O. The van der Waals surface area contributed by atoms with Gasteiger partial charge in [-0.3, -0.25) is 4.79 Å². The van der Waals surface area contributed by atoms with E-state index in [4.69, 9.17) is 0 Å². The lowest BCUT2D eigenvalue weighted by molar-refractivity contribution is 0.0993. The van der Waals surface area contributed by atoms with Crippen LogP contribution in [0.25, 0.3) is 5.69 Å². The van der Waals surface area contributed by atoms with E-state index >= 15 is 0 Å². The Kier molecular flexibility index (Phi) is 3.72. The van der Waals surface area contributed by atoms with Gasteiger partial charge in [0.15, 0.2) is 5.78 Å². The molecule has 0 aliphatic heterocycles. The van der Waals surface area contributed by atoms with E-state index in [9.17, 15) is 4.79 Å². The molecule has 0 saturated heterocycles. The Morgan fingerprint density at radius 2 is 2.10 bits per heavy atom. The summed E-state index contributed by atoms with van der Waals surface area (Å²) in [5.41, 5.74) is 2.96. The van der Waals surface area contributed by atoms with Gasteiger partial charge in [0.05, 0.1) is 28.6 Å². The van der Waals surface area contributed by atoms with Gasteiger partial charge >= 0.3 is 0 Å². The normalized spacial score (nSPS) is 14.5. The third kappa shape index (κ3) is 2.55. The maximum atomic E-state index is 11.8. The van der Waals surface area contributed by atoms with Gasteiger partial charge in [-0.25, -0.2) is 4.68 Å². The zero-order valence-corrected chi connectivity index (χ0v) is 12.9. The minimum absolute atomic E-state index is 0.100. The summed E-state index contributed by atoms with van der Waals surface area (Å²) in [7, 11) is 1.77. The maximum Gasteiger partial charge on any atom is 0.176 e. The molecule has 2 aromatic rings. The predicted molar refractivity (Wildman–Crippen MR) is 81.5 cm³/mol. The van der Waals surface area contributed by atoms with Crippen LogP contribution in [0.2, 0.25) is 0 Å².